The zero-order valence-electron chi connectivity index (χ0n) is 16.5. The van der Waals surface area contributed by atoms with E-state index in [2.05, 4.69) is 10.6 Å². The zero-order valence-corrected chi connectivity index (χ0v) is 18.1. The Hall–Kier alpha value is -3.01. The molecule has 7 nitrogen and oxygen atoms in total. The number of carbonyl (C=O) groups excluding carboxylic acids is 2. The van der Waals surface area contributed by atoms with Crippen LogP contribution in [0.5, 0.6) is 0 Å². The van der Waals surface area contributed by atoms with Crippen molar-refractivity contribution in [1.82, 2.24) is 4.31 Å². The minimum atomic E-state index is -3.85. The summed E-state index contributed by atoms with van der Waals surface area (Å²) in [5.41, 5.74) is 3.11. The summed E-state index contributed by atoms with van der Waals surface area (Å²) in [6, 6.07) is 15.1. The second kappa shape index (κ2) is 9.21. The molecule has 1 aromatic heterocycles. The Bertz CT molecular complexity index is 1140. The van der Waals surface area contributed by atoms with E-state index in [1.165, 1.54) is 38.2 Å². The van der Waals surface area contributed by atoms with Gasteiger partial charge in [-0.05, 0) is 64.4 Å². The van der Waals surface area contributed by atoms with Crippen molar-refractivity contribution in [1.29, 1.82) is 0 Å². The molecule has 1 heterocycles. The summed E-state index contributed by atoms with van der Waals surface area (Å²) in [6.07, 6.45) is 0. The van der Waals surface area contributed by atoms with E-state index in [4.69, 9.17) is 0 Å². The third-order valence-corrected chi connectivity index (χ3v) is 6.75. The van der Waals surface area contributed by atoms with Crippen LogP contribution in [0.1, 0.15) is 6.92 Å². The number of nitrogens with one attached hydrogen (secondary N) is 2. The molecule has 0 saturated heterocycles. The molecule has 0 fully saturated rings. The number of hydrogen-bond acceptors (Lipinski definition) is 5. The maximum Gasteiger partial charge on any atom is 0.243 e. The topological polar surface area (TPSA) is 95.6 Å². The van der Waals surface area contributed by atoms with Crippen LogP contribution in [0.2, 0.25) is 0 Å². The SMILES string of the molecule is CC(=O)Nc1ccc(S(=O)(=O)N(C)CC(=O)Nc2cccc(-c3ccsc3)c2)cc1. The lowest BCUT2D eigenvalue weighted by Gasteiger charge is -2.17. The van der Waals surface area contributed by atoms with Crippen LogP contribution in [0.3, 0.4) is 0 Å². The average molecular weight is 444 g/mol. The Balaban J connectivity index is 1.66. The van der Waals surface area contributed by atoms with E-state index in [0.717, 1.165) is 15.4 Å². The van der Waals surface area contributed by atoms with Crippen LogP contribution >= 0.6 is 11.3 Å². The molecule has 9 heteroatoms. The van der Waals surface area contributed by atoms with Gasteiger partial charge in [0, 0.05) is 25.3 Å². The molecule has 3 aromatic rings. The smallest absolute Gasteiger partial charge is 0.243 e. The minimum Gasteiger partial charge on any atom is -0.326 e. The Morgan fingerprint density at radius 3 is 2.33 bits per heavy atom. The number of thiophene rings is 1. The third kappa shape index (κ3) is 5.32. The summed E-state index contributed by atoms with van der Waals surface area (Å²) >= 11 is 1.59. The number of amides is 2. The van der Waals surface area contributed by atoms with Crippen LogP contribution in [0.4, 0.5) is 11.4 Å². The first-order valence-electron chi connectivity index (χ1n) is 9.02. The lowest BCUT2D eigenvalue weighted by atomic mass is 10.1. The summed E-state index contributed by atoms with van der Waals surface area (Å²) in [7, 11) is -2.51. The summed E-state index contributed by atoms with van der Waals surface area (Å²) < 4.78 is 26.4. The highest BCUT2D eigenvalue weighted by Gasteiger charge is 2.23. The number of anilines is 2. The zero-order chi connectivity index (χ0) is 21.7. The van der Waals surface area contributed by atoms with Gasteiger partial charge in [-0.25, -0.2) is 8.42 Å². The molecule has 0 bridgehead atoms. The van der Waals surface area contributed by atoms with E-state index in [9.17, 15) is 18.0 Å². The second-order valence-corrected chi connectivity index (χ2v) is 9.43. The van der Waals surface area contributed by atoms with Gasteiger partial charge in [-0.3, -0.25) is 9.59 Å². The highest BCUT2D eigenvalue weighted by atomic mass is 32.2. The van der Waals surface area contributed by atoms with Gasteiger partial charge in [0.2, 0.25) is 21.8 Å². The average Bonchev–Trinajstić information content (AvgIpc) is 3.23. The van der Waals surface area contributed by atoms with Crippen LogP contribution in [-0.4, -0.2) is 38.1 Å². The van der Waals surface area contributed by atoms with Crippen LogP contribution in [0.15, 0.2) is 70.3 Å². The van der Waals surface area contributed by atoms with Gasteiger partial charge in [0.05, 0.1) is 11.4 Å². The van der Waals surface area contributed by atoms with Crippen molar-refractivity contribution in [2.24, 2.45) is 0 Å². The maximum atomic E-state index is 12.7. The van der Waals surface area contributed by atoms with E-state index < -0.39 is 15.9 Å². The molecule has 30 heavy (non-hydrogen) atoms. The number of benzene rings is 2. The Kier molecular flexibility index (Phi) is 6.66. The molecule has 2 aromatic carbocycles. The highest BCUT2D eigenvalue weighted by Crippen LogP contribution is 2.25. The molecule has 0 aliphatic carbocycles. The fourth-order valence-corrected chi connectivity index (χ4v) is 4.58. The van der Waals surface area contributed by atoms with Gasteiger partial charge in [-0.1, -0.05) is 12.1 Å². The monoisotopic (exact) mass is 443 g/mol. The van der Waals surface area contributed by atoms with Crippen LogP contribution < -0.4 is 10.6 Å². The predicted octanol–water partition coefficient (Wildman–Crippen LogP) is 3.63. The summed E-state index contributed by atoms with van der Waals surface area (Å²) in [5, 5.41) is 9.30. The van der Waals surface area contributed by atoms with Crippen molar-refractivity contribution < 1.29 is 18.0 Å². The molecule has 0 unspecified atom stereocenters. The third-order valence-electron chi connectivity index (χ3n) is 4.25. The summed E-state index contributed by atoms with van der Waals surface area (Å²) in [4.78, 5) is 23.5. The van der Waals surface area contributed by atoms with Crippen LogP contribution in [-0.2, 0) is 19.6 Å². The first-order valence-corrected chi connectivity index (χ1v) is 11.4. The van der Waals surface area contributed by atoms with Gasteiger partial charge >= 0.3 is 0 Å². The molecule has 0 saturated carbocycles. The summed E-state index contributed by atoms with van der Waals surface area (Å²) in [6.45, 7) is 1.03. The molecule has 0 aliphatic rings. The Labute approximate surface area is 179 Å². The number of likely N-dealkylation sites (N-methyl/N-ethyl adjacent to an activating group) is 1. The standard InChI is InChI=1S/C21H21N3O4S2/c1-15(25)22-18-6-8-20(9-7-18)30(27,28)24(2)13-21(26)23-19-5-3-4-16(12-19)17-10-11-29-14-17/h3-12,14H,13H2,1-2H3,(H,22,25)(H,23,26). The van der Waals surface area contributed by atoms with Gasteiger partial charge in [-0.15, -0.1) is 0 Å². The number of nitrogens with zero attached hydrogens (tertiary/aromatic N) is 1. The molecule has 156 valence electrons. The molecule has 0 radical (unpaired) electrons. The van der Waals surface area contributed by atoms with Crippen LogP contribution in [0.25, 0.3) is 11.1 Å². The molecule has 2 N–H and O–H groups in total. The largest absolute Gasteiger partial charge is 0.326 e. The van der Waals surface area contributed by atoms with E-state index in [1.807, 2.05) is 35.0 Å². The fourth-order valence-electron chi connectivity index (χ4n) is 2.79. The Morgan fingerprint density at radius 1 is 0.967 bits per heavy atom. The molecule has 0 spiro atoms. The first kappa shape index (κ1) is 21.7. The van der Waals surface area contributed by atoms with Crippen molar-refractivity contribution in [3.8, 4) is 11.1 Å². The predicted molar refractivity (Wildman–Crippen MR) is 119 cm³/mol. The van der Waals surface area contributed by atoms with Crippen molar-refractivity contribution in [2.75, 3.05) is 24.2 Å². The molecule has 0 atom stereocenters. The number of hydrogen-bond donors (Lipinski definition) is 2. The van der Waals surface area contributed by atoms with Crippen molar-refractivity contribution in [3.63, 3.8) is 0 Å². The van der Waals surface area contributed by atoms with Crippen molar-refractivity contribution in [2.45, 2.75) is 11.8 Å². The van der Waals surface area contributed by atoms with Crippen LogP contribution in [0, 0.1) is 0 Å². The van der Waals surface area contributed by atoms with Gasteiger partial charge in [0.1, 0.15) is 0 Å². The van der Waals surface area contributed by atoms with E-state index in [0.29, 0.717) is 11.4 Å². The fraction of sp³-hybridized carbons (Fsp3) is 0.143. The minimum absolute atomic E-state index is 0.0337. The number of rotatable bonds is 7. The van der Waals surface area contributed by atoms with E-state index >= 15 is 0 Å². The van der Waals surface area contributed by atoms with E-state index in [1.54, 1.807) is 17.4 Å². The van der Waals surface area contributed by atoms with Gasteiger partial charge in [0.15, 0.2) is 0 Å². The van der Waals surface area contributed by atoms with Crippen molar-refractivity contribution >= 4 is 44.5 Å². The van der Waals surface area contributed by atoms with Gasteiger partial charge in [0.25, 0.3) is 0 Å². The molecule has 3 rings (SSSR count). The lowest BCUT2D eigenvalue weighted by molar-refractivity contribution is -0.116. The molecular weight excluding hydrogens is 422 g/mol. The lowest BCUT2D eigenvalue weighted by Crippen LogP contribution is -2.35. The molecule has 2 amide bonds. The molecule has 0 aliphatic heterocycles. The Morgan fingerprint density at radius 2 is 1.70 bits per heavy atom. The highest BCUT2D eigenvalue weighted by molar-refractivity contribution is 7.89. The van der Waals surface area contributed by atoms with Gasteiger partial charge in [-0.2, -0.15) is 15.6 Å². The first-order chi connectivity index (χ1) is 14.3. The number of sulfonamides is 1. The van der Waals surface area contributed by atoms with Gasteiger partial charge < -0.3 is 10.6 Å². The normalized spacial score (nSPS) is 11.3. The number of carbonyl (C=O) groups is 2. The second-order valence-electron chi connectivity index (χ2n) is 6.61. The maximum absolute atomic E-state index is 12.7. The summed E-state index contributed by atoms with van der Waals surface area (Å²) in [5.74, 6) is -0.694. The molecular formula is C21H21N3O4S2. The quantitative estimate of drug-likeness (QED) is 0.583. The van der Waals surface area contributed by atoms with Crippen molar-refractivity contribution in [3.05, 3.63) is 65.4 Å². The van der Waals surface area contributed by atoms with E-state index in [-0.39, 0.29) is 17.3 Å².